The Balaban J connectivity index is 2.17. The Morgan fingerprint density at radius 2 is 0.720 bits per heavy atom. The molecule has 0 aliphatic heterocycles. The normalized spacial score (nSPS) is 10.9. The van der Waals surface area contributed by atoms with Crippen LogP contribution in [0.1, 0.15) is 0 Å². The molecule has 0 aliphatic rings. The molecular formula is C18H8AlF6+. The predicted molar refractivity (Wildman–Crippen MR) is 83.8 cm³/mol. The third kappa shape index (κ3) is 3.44. The summed E-state index contributed by atoms with van der Waals surface area (Å²) in [5, 5.41) is 0. The second kappa shape index (κ2) is 6.58. The molecule has 0 amide bonds. The topological polar surface area (TPSA) is 0 Å². The van der Waals surface area contributed by atoms with E-state index in [0.29, 0.717) is 15.6 Å². The Hall–Kier alpha value is -2.23. The SMILES string of the molecule is Fc1cc(-c2c[c]([AlH+])cc(-c3cc(F)c(F)c(F)c3)c2)cc(F)c1F. The molecule has 0 atom stereocenters. The zero-order valence-corrected chi connectivity index (χ0v) is 13.9. The van der Waals surface area contributed by atoms with E-state index in [4.69, 9.17) is 0 Å². The van der Waals surface area contributed by atoms with Crippen LogP contribution in [0.3, 0.4) is 0 Å². The Kier molecular flexibility index (Phi) is 4.63. The van der Waals surface area contributed by atoms with Gasteiger partial charge in [0.15, 0.2) is 0 Å². The molecule has 0 radical (unpaired) electrons. The minimum atomic E-state index is -1.58. The number of rotatable bonds is 2. The van der Waals surface area contributed by atoms with Crippen molar-refractivity contribution in [2.45, 2.75) is 0 Å². The third-order valence-corrected chi connectivity index (χ3v) is 4.04. The van der Waals surface area contributed by atoms with Crippen LogP contribution in [-0.4, -0.2) is 16.3 Å². The summed E-state index contributed by atoms with van der Waals surface area (Å²) in [6, 6.07) is 7.90. The molecule has 124 valence electrons. The zero-order valence-electron chi connectivity index (χ0n) is 12.5. The maximum absolute atomic E-state index is 13.4. The van der Waals surface area contributed by atoms with Gasteiger partial charge in [-0.05, 0) is 0 Å². The molecular weight excluding hydrogens is 357 g/mol. The van der Waals surface area contributed by atoms with E-state index in [-0.39, 0.29) is 11.1 Å². The van der Waals surface area contributed by atoms with E-state index in [1.165, 1.54) is 22.4 Å². The molecule has 0 heterocycles. The summed E-state index contributed by atoms with van der Waals surface area (Å²) >= 11 is 1.44. The van der Waals surface area contributed by atoms with Gasteiger partial charge < -0.3 is 0 Å². The summed E-state index contributed by atoms with van der Waals surface area (Å²) in [5.41, 5.74) is 0.777. The second-order valence-electron chi connectivity index (χ2n) is 5.43. The Morgan fingerprint density at radius 1 is 0.440 bits per heavy atom. The van der Waals surface area contributed by atoms with Crippen molar-refractivity contribution < 1.29 is 26.3 Å². The summed E-state index contributed by atoms with van der Waals surface area (Å²) in [5.74, 6) is -8.56. The first-order valence-corrected chi connectivity index (χ1v) is 7.74. The van der Waals surface area contributed by atoms with Crippen LogP contribution < -0.4 is 4.43 Å². The zero-order chi connectivity index (χ0) is 18.3. The van der Waals surface area contributed by atoms with Crippen molar-refractivity contribution in [2.24, 2.45) is 0 Å². The van der Waals surface area contributed by atoms with Gasteiger partial charge in [-0.15, -0.1) is 0 Å². The van der Waals surface area contributed by atoms with E-state index in [2.05, 4.69) is 0 Å². The summed E-state index contributed by atoms with van der Waals surface area (Å²) < 4.78 is 80.7. The molecule has 0 aliphatic carbocycles. The second-order valence-corrected chi connectivity index (χ2v) is 6.24. The standard InChI is InChI=1S/C18H7F6.Al.H/c19-13-5-11(6-14(20)17(13)23)9-2-1-3-10(4-9)12-7-15(21)18(24)16(22)8-12;;/h2-8H;;/q;+1;. The van der Waals surface area contributed by atoms with Crippen molar-refractivity contribution in [1.29, 1.82) is 0 Å². The van der Waals surface area contributed by atoms with E-state index in [0.717, 1.165) is 24.3 Å². The molecule has 0 unspecified atom stereocenters. The predicted octanol–water partition coefficient (Wildman–Crippen LogP) is 4.38. The quantitative estimate of drug-likeness (QED) is 0.359. The Labute approximate surface area is 147 Å². The minimum absolute atomic E-state index is 0.0641. The van der Waals surface area contributed by atoms with Crippen LogP contribution >= 0.6 is 0 Å². The molecule has 0 bridgehead atoms. The molecule has 0 aromatic heterocycles. The van der Waals surface area contributed by atoms with Crippen molar-refractivity contribution >= 4 is 20.7 Å². The number of benzene rings is 3. The molecule has 0 saturated carbocycles. The Bertz CT molecular complexity index is 862. The van der Waals surface area contributed by atoms with E-state index >= 15 is 0 Å². The number of hydrogen-bond acceptors (Lipinski definition) is 0. The van der Waals surface area contributed by atoms with Crippen LogP contribution in [0, 0.1) is 34.9 Å². The molecule has 7 heteroatoms. The van der Waals surface area contributed by atoms with Crippen molar-refractivity contribution in [3.63, 3.8) is 0 Å². The number of hydrogen-bond donors (Lipinski definition) is 0. The molecule has 3 aromatic carbocycles. The van der Waals surface area contributed by atoms with Crippen LogP contribution in [0.5, 0.6) is 0 Å². The summed E-state index contributed by atoms with van der Waals surface area (Å²) in [6.45, 7) is 0. The fourth-order valence-electron chi connectivity index (χ4n) is 2.47. The van der Waals surface area contributed by atoms with Crippen molar-refractivity contribution in [2.75, 3.05) is 0 Å². The molecule has 3 aromatic rings. The molecule has 3 rings (SSSR count). The molecule has 0 N–H and O–H groups in total. The average molecular weight is 365 g/mol. The summed E-state index contributed by atoms with van der Waals surface area (Å²) in [6.07, 6.45) is 0. The number of halogens is 6. The molecule has 0 fully saturated rings. The van der Waals surface area contributed by atoms with Gasteiger partial charge in [-0.25, -0.2) is 0 Å². The van der Waals surface area contributed by atoms with Gasteiger partial charge in [-0.2, -0.15) is 0 Å². The molecule has 25 heavy (non-hydrogen) atoms. The Morgan fingerprint density at radius 3 is 1.04 bits per heavy atom. The van der Waals surface area contributed by atoms with Crippen LogP contribution in [0.25, 0.3) is 22.3 Å². The van der Waals surface area contributed by atoms with Gasteiger partial charge in [0.2, 0.25) is 0 Å². The average Bonchev–Trinajstić information content (AvgIpc) is 2.56. The first kappa shape index (κ1) is 17.6. The van der Waals surface area contributed by atoms with Crippen molar-refractivity contribution in [3.05, 3.63) is 77.4 Å². The van der Waals surface area contributed by atoms with Crippen LogP contribution in [0.2, 0.25) is 0 Å². The van der Waals surface area contributed by atoms with E-state index < -0.39 is 34.9 Å². The first-order valence-electron chi connectivity index (χ1n) is 7.03. The third-order valence-electron chi connectivity index (χ3n) is 3.63. The first-order chi connectivity index (χ1) is 11.8. The summed E-state index contributed by atoms with van der Waals surface area (Å²) in [4.78, 5) is 0. The fourth-order valence-corrected chi connectivity index (χ4v) is 2.91. The molecule has 0 nitrogen and oxygen atoms in total. The van der Waals surface area contributed by atoms with E-state index in [1.807, 2.05) is 0 Å². The van der Waals surface area contributed by atoms with Gasteiger partial charge in [0.05, 0.1) is 0 Å². The van der Waals surface area contributed by atoms with Crippen molar-refractivity contribution in [3.8, 4) is 22.3 Å². The monoisotopic (exact) mass is 365 g/mol. The van der Waals surface area contributed by atoms with Gasteiger partial charge in [-0.3, -0.25) is 0 Å². The van der Waals surface area contributed by atoms with Gasteiger partial charge >= 0.3 is 147 Å². The van der Waals surface area contributed by atoms with E-state index in [9.17, 15) is 26.3 Å². The van der Waals surface area contributed by atoms with Gasteiger partial charge in [-0.1, -0.05) is 0 Å². The van der Waals surface area contributed by atoms with Crippen LogP contribution in [-0.2, 0) is 0 Å². The maximum atomic E-state index is 13.4. The fraction of sp³-hybridized carbons (Fsp3) is 0. The summed E-state index contributed by atoms with van der Waals surface area (Å²) in [7, 11) is 0. The van der Waals surface area contributed by atoms with Gasteiger partial charge in [0.25, 0.3) is 0 Å². The van der Waals surface area contributed by atoms with Crippen LogP contribution in [0.15, 0.2) is 42.5 Å². The molecule has 0 spiro atoms. The van der Waals surface area contributed by atoms with Gasteiger partial charge in [0.1, 0.15) is 0 Å². The van der Waals surface area contributed by atoms with E-state index in [1.54, 1.807) is 12.1 Å². The van der Waals surface area contributed by atoms with Crippen molar-refractivity contribution in [1.82, 2.24) is 0 Å². The molecule has 0 saturated heterocycles. The van der Waals surface area contributed by atoms with Crippen LogP contribution in [0.4, 0.5) is 26.3 Å². The van der Waals surface area contributed by atoms with Gasteiger partial charge in [0, 0.05) is 0 Å².